The second-order valence-electron chi connectivity index (χ2n) is 5.59. The first-order valence-corrected chi connectivity index (χ1v) is 8.24. The molecule has 21 heavy (non-hydrogen) atoms. The van der Waals surface area contributed by atoms with Gasteiger partial charge in [-0.2, -0.15) is 0 Å². The van der Waals surface area contributed by atoms with Crippen LogP contribution in [0, 0.1) is 13.8 Å². The quantitative estimate of drug-likeness (QED) is 0.865. The van der Waals surface area contributed by atoms with Crippen molar-refractivity contribution in [1.82, 2.24) is 9.62 Å². The minimum absolute atomic E-state index is 0.0120. The van der Waals surface area contributed by atoms with Gasteiger partial charge in [-0.3, -0.25) is 0 Å². The number of hydrogen-bond donors (Lipinski definition) is 2. The topological polar surface area (TPSA) is 86.7 Å². The number of benzene rings is 1. The molecule has 0 aliphatic carbocycles. The van der Waals surface area contributed by atoms with Gasteiger partial charge in [0.2, 0.25) is 10.0 Å². The van der Waals surface area contributed by atoms with E-state index in [1.807, 2.05) is 7.05 Å². The third kappa shape index (κ3) is 3.42. The summed E-state index contributed by atoms with van der Waals surface area (Å²) in [5.41, 5.74) is 1.22. The van der Waals surface area contributed by atoms with Crippen molar-refractivity contribution in [2.45, 2.75) is 31.2 Å². The van der Waals surface area contributed by atoms with Crippen LogP contribution in [0.3, 0.4) is 0 Å². The third-order valence-corrected chi connectivity index (χ3v) is 5.52. The normalized spacial score (nSPS) is 19.9. The van der Waals surface area contributed by atoms with E-state index in [1.165, 1.54) is 12.1 Å². The van der Waals surface area contributed by atoms with E-state index in [2.05, 4.69) is 9.62 Å². The van der Waals surface area contributed by atoms with Gasteiger partial charge in [0.15, 0.2) is 0 Å². The Labute approximate surface area is 124 Å². The lowest BCUT2D eigenvalue weighted by Crippen LogP contribution is -2.36. The predicted molar refractivity (Wildman–Crippen MR) is 79.1 cm³/mol. The van der Waals surface area contributed by atoms with Crippen molar-refractivity contribution >= 4 is 16.0 Å². The molecule has 0 radical (unpaired) electrons. The number of rotatable bonds is 4. The van der Waals surface area contributed by atoms with E-state index in [0.29, 0.717) is 17.7 Å². The molecule has 0 aromatic heterocycles. The van der Waals surface area contributed by atoms with Crippen LogP contribution < -0.4 is 4.72 Å². The summed E-state index contributed by atoms with van der Waals surface area (Å²) in [6.45, 7) is 4.91. The van der Waals surface area contributed by atoms with Crippen LogP contribution in [0.5, 0.6) is 0 Å². The first-order chi connectivity index (χ1) is 9.70. The van der Waals surface area contributed by atoms with Crippen LogP contribution in [0.2, 0.25) is 0 Å². The molecule has 7 heteroatoms. The van der Waals surface area contributed by atoms with Gasteiger partial charge in [0.1, 0.15) is 0 Å². The molecule has 1 aromatic rings. The van der Waals surface area contributed by atoms with E-state index in [4.69, 9.17) is 5.11 Å². The van der Waals surface area contributed by atoms with Gasteiger partial charge in [0, 0.05) is 12.6 Å². The standard InChI is InChI=1S/C14H20N2O4S/c1-9-6-11(14(17)18)7-13(10(9)2)21(19,20)15-12-4-5-16(3)8-12/h6-7,12,15H,4-5,8H2,1-3H3,(H,17,18). The molecule has 1 unspecified atom stereocenters. The average molecular weight is 312 g/mol. The number of likely N-dealkylation sites (tertiary alicyclic amines) is 1. The van der Waals surface area contributed by atoms with E-state index in [1.54, 1.807) is 13.8 Å². The zero-order valence-electron chi connectivity index (χ0n) is 12.4. The van der Waals surface area contributed by atoms with Crippen molar-refractivity contribution in [3.8, 4) is 0 Å². The number of aromatic carboxylic acids is 1. The first-order valence-electron chi connectivity index (χ1n) is 6.76. The molecule has 0 saturated carbocycles. The van der Waals surface area contributed by atoms with Crippen LogP contribution >= 0.6 is 0 Å². The van der Waals surface area contributed by atoms with Crippen LogP contribution in [-0.4, -0.2) is 50.6 Å². The fraction of sp³-hybridized carbons (Fsp3) is 0.500. The summed E-state index contributed by atoms with van der Waals surface area (Å²) in [4.78, 5) is 13.2. The Morgan fingerprint density at radius 3 is 2.57 bits per heavy atom. The van der Waals surface area contributed by atoms with E-state index >= 15 is 0 Å². The Bertz CT molecular complexity index is 670. The Balaban J connectivity index is 2.37. The highest BCUT2D eigenvalue weighted by molar-refractivity contribution is 7.89. The van der Waals surface area contributed by atoms with Crippen LogP contribution in [0.1, 0.15) is 27.9 Å². The molecule has 1 fully saturated rings. The molecule has 0 spiro atoms. The van der Waals surface area contributed by atoms with E-state index in [9.17, 15) is 13.2 Å². The van der Waals surface area contributed by atoms with Crippen molar-refractivity contribution in [3.05, 3.63) is 28.8 Å². The molecule has 1 aromatic carbocycles. The number of carboxylic acid groups (broad SMARTS) is 1. The number of nitrogens with zero attached hydrogens (tertiary/aromatic N) is 1. The monoisotopic (exact) mass is 312 g/mol. The number of aryl methyl sites for hydroxylation is 1. The van der Waals surface area contributed by atoms with Crippen molar-refractivity contribution in [2.75, 3.05) is 20.1 Å². The van der Waals surface area contributed by atoms with Gasteiger partial charge in [0.25, 0.3) is 0 Å². The summed E-state index contributed by atoms with van der Waals surface area (Å²) in [7, 11) is -1.78. The fourth-order valence-electron chi connectivity index (χ4n) is 2.54. The number of sulfonamides is 1. The first kappa shape index (κ1) is 15.9. The molecule has 116 valence electrons. The zero-order chi connectivity index (χ0) is 15.8. The molecule has 0 amide bonds. The number of nitrogens with one attached hydrogen (secondary N) is 1. The lowest BCUT2D eigenvalue weighted by Gasteiger charge is -2.16. The molecule has 1 saturated heterocycles. The smallest absolute Gasteiger partial charge is 0.335 e. The molecule has 6 nitrogen and oxygen atoms in total. The molecule has 0 bridgehead atoms. The van der Waals surface area contributed by atoms with Gasteiger partial charge in [-0.1, -0.05) is 0 Å². The summed E-state index contributed by atoms with van der Waals surface area (Å²) in [5, 5.41) is 9.09. The molecule has 1 heterocycles. The van der Waals surface area contributed by atoms with E-state index < -0.39 is 16.0 Å². The highest BCUT2D eigenvalue weighted by Crippen LogP contribution is 2.22. The molecular weight excluding hydrogens is 292 g/mol. The SMILES string of the molecule is Cc1cc(C(=O)O)cc(S(=O)(=O)NC2CCN(C)C2)c1C. The van der Waals surface area contributed by atoms with Crippen molar-refractivity contribution < 1.29 is 18.3 Å². The third-order valence-electron chi connectivity index (χ3n) is 3.87. The van der Waals surface area contributed by atoms with Crippen LogP contribution in [0.15, 0.2) is 17.0 Å². The van der Waals surface area contributed by atoms with Crippen molar-refractivity contribution in [2.24, 2.45) is 0 Å². The predicted octanol–water partition coefficient (Wildman–Crippen LogP) is 0.984. The largest absolute Gasteiger partial charge is 0.478 e. The van der Waals surface area contributed by atoms with Gasteiger partial charge in [-0.25, -0.2) is 17.9 Å². The fourth-order valence-corrected chi connectivity index (χ4v) is 4.15. The molecule has 2 N–H and O–H groups in total. The van der Waals surface area contributed by atoms with Gasteiger partial charge in [-0.05, 0) is 57.1 Å². The van der Waals surface area contributed by atoms with Crippen molar-refractivity contribution in [1.29, 1.82) is 0 Å². The average Bonchev–Trinajstić information content (AvgIpc) is 2.76. The molecule has 1 aliphatic rings. The summed E-state index contributed by atoms with van der Waals surface area (Å²) in [5.74, 6) is -1.13. The zero-order valence-corrected chi connectivity index (χ0v) is 13.2. The number of carbonyl (C=O) groups is 1. The number of carboxylic acids is 1. The van der Waals surface area contributed by atoms with Crippen LogP contribution in [0.4, 0.5) is 0 Å². The highest BCUT2D eigenvalue weighted by atomic mass is 32.2. The van der Waals surface area contributed by atoms with Crippen LogP contribution in [-0.2, 0) is 10.0 Å². The Morgan fingerprint density at radius 1 is 1.38 bits per heavy atom. The maximum absolute atomic E-state index is 12.5. The molecule has 1 aliphatic heterocycles. The summed E-state index contributed by atoms with van der Waals surface area (Å²) in [6.07, 6.45) is 0.756. The summed E-state index contributed by atoms with van der Waals surface area (Å²) >= 11 is 0. The van der Waals surface area contributed by atoms with E-state index in [0.717, 1.165) is 13.0 Å². The van der Waals surface area contributed by atoms with Gasteiger partial charge in [-0.15, -0.1) is 0 Å². The Kier molecular flexibility index (Phi) is 4.36. The second-order valence-corrected chi connectivity index (χ2v) is 7.27. The lowest BCUT2D eigenvalue weighted by atomic mass is 10.1. The van der Waals surface area contributed by atoms with E-state index in [-0.39, 0.29) is 16.5 Å². The lowest BCUT2D eigenvalue weighted by molar-refractivity contribution is 0.0696. The number of hydrogen-bond acceptors (Lipinski definition) is 4. The summed E-state index contributed by atoms with van der Waals surface area (Å²) in [6, 6.07) is 2.58. The van der Waals surface area contributed by atoms with Gasteiger partial charge >= 0.3 is 5.97 Å². The van der Waals surface area contributed by atoms with Gasteiger partial charge < -0.3 is 10.0 Å². The molecule has 1 atom stereocenters. The second kappa shape index (κ2) is 5.75. The molecular formula is C14H20N2O4S. The maximum atomic E-state index is 12.5. The summed E-state index contributed by atoms with van der Waals surface area (Å²) < 4.78 is 27.7. The Hall–Kier alpha value is -1.44. The minimum atomic E-state index is -3.72. The van der Waals surface area contributed by atoms with Gasteiger partial charge in [0.05, 0.1) is 10.5 Å². The Morgan fingerprint density at radius 2 is 2.05 bits per heavy atom. The minimum Gasteiger partial charge on any atom is -0.478 e. The van der Waals surface area contributed by atoms with Crippen LogP contribution in [0.25, 0.3) is 0 Å². The maximum Gasteiger partial charge on any atom is 0.335 e. The number of likely N-dealkylation sites (N-methyl/N-ethyl adjacent to an activating group) is 1. The highest BCUT2D eigenvalue weighted by Gasteiger charge is 2.27. The molecule has 2 rings (SSSR count). The van der Waals surface area contributed by atoms with Crippen molar-refractivity contribution in [3.63, 3.8) is 0 Å².